The molecule has 0 spiro atoms. The molecule has 15 nitrogen and oxygen atoms in total. The number of nitrogens with zero attached hydrogens (tertiary/aromatic N) is 2. The van der Waals surface area contributed by atoms with Gasteiger partial charge in [-0.25, -0.2) is 14.2 Å². The van der Waals surface area contributed by atoms with E-state index in [-0.39, 0.29) is 50.4 Å². The van der Waals surface area contributed by atoms with Crippen molar-refractivity contribution in [3.63, 3.8) is 0 Å². The molecule has 2 aromatic carbocycles. The number of fused-ring (bicyclic) bond motifs is 5. The predicted octanol–water partition coefficient (Wildman–Crippen LogP) is 1.58. The first-order chi connectivity index (χ1) is 26.8. The largest absolute Gasteiger partial charge is 0.458 e. The molecule has 4 aromatic rings. The van der Waals surface area contributed by atoms with Crippen molar-refractivity contribution in [2.45, 2.75) is 77.3 Å². The molecule has 0 saturated carbocycles. The highest BCUT2D eigenvalue weighted by Gasteiger charge is 2.46. The number of aryl methyl sites for hydroxylation is 1. The minimum Gasteiger partial charge on any atom is -0.458 e. The van der Waals surface area contributed by atoms with Crippen molar-refractivity contribution in [1.82, 2.24) is 30.8 Å². The Balaban J connectivity index is 1.04. The molecule has 7 rings (SSSR count). The van der Waals surface area contributed by atoms with Crippen LogP contribution in [0.25, 0.3) is 22.3 Å². The molecule has 4 amide bonds. The molecule has 5 N–H and O–H groups in total. The molecule has 0 bridgehead atoms. The zero-order valence-corrected chi connectivity index (χ0v) is 31.0. The third-order valence-electron chi connectivity index (χ3n) is 10.7. The van der Waals surface area contributed by atoms with Crippen LogP contribution in [-0.2, 0) is 65.0 Å². The summed E-state index contributed by atoms with van der Waals surface area (Å²) in [5, 5.41) is 22.6. The van der Waals surface area contributed by atoms with Crippen molar-refractivity contribution < 1.29 is 42.9 Å². The van der Waals surface area contributed by atoms with E-state index in [9.17, 15) is 33.9 Å². The summed E-state index contributed by atoms with van der Waals surface area (Å²) in [6, 6.07) is 10.6. The number of cyclic esters (lactones) is 1. The SMILES string of the molecule is CC[C@@]1(O)C(=O)OCc2c1cc1n(c2=O)Cc2c-1nc1cc(F)c(C)c3c1c2[C@@H](NC(=O)COCNC(=O)CNC(=O)[C@H](Cc1ccccc1)NC(C)=O)CC3. The van der Waals surface area contributed by atoms with E-state index in [1.165, 1.54) is 17.6 Å². The van der Waals surface area contributed by atoms with Gasteiger partial charge in [0, 0.05) is 35.9 Å². The smallest absolute Gasteiger partial charge is 0.343 e. The number of ether oxygens (including phenoxy) is 2. The van der Waals surface area contributed by atoms with Crippen LogP contribution in [0.15, 0.2) is 47.3 Å². The number of halogens is 1. The van der Waals surface area contributed by atoms with Gasteiger partial charge in [-0.05, 0) is 54.5 Å². The van der Waals surface area contributed by atoms with Crippen LogP contribution in [0.1, 0.15) is 71.7 Å². The number of carbonyl (C=O) groups excluding carboxylic acids is 5. The highest BCUT2D eigenvalue weighted by atomic mass is 19.1. The number of aromatic nitrogens is 2. The summed E-state index contributed by atoms with van der Waals surface area (Å²) in [6.45, 7) is 3.26. The van der Waals surface area contributed by atoms with Crippen molar-refractivity contribution in [3.05, 3.63) is 97.6 Å². The lowest BCUT2D eigenvalue weighted by Crippen LogP contribution is -2.49. The Morgan fingerprint density at radius 1 is 1.09 bits per heavy atom. The summed E-state index contributed by atoms with van der Waals surface area (Å²) in [4.78, 5) is 81.5. The number of pyridine rings is 2. The van der Waals surface area contributed by atoms with E-state index in [0.29, 0.717) is 51.8 Å². The van der Waals surface area contributed by atoms with Gasteiger partial charge in [-0.15, -0.1) is 0 Å². The molecule has 2 aliphatic heterocycles. The fraction of sp³-hybridized carbons (Fsp3) is 0.375. The maximum absolute atomic E-state index is 15.2. The zero-order chi connectivity index (χ0) is 39.9. The normalized spacial score (nSPS) is 18.2. The minimum atomic E-state index is -2.02. The van der Waals surface area contributed by atoms with Crippen molar-refractivity contribution in [3.8, 4) is 11.4 Å². The molecule has 56 heavy (non-hydrogen) atoms. The second kappa shape index (κ2) is 15.3. The fourth-order valence-electron chi connectivity index (χ4n) is 7.87. The predicted molar refractivity (Wildman–Crippen MR) is 198 cm³/mol. The molecule has 16 heteroatoms. The van der Waals surface area contributed by atoms with Crippen LogP contribution in [0.5, 0.6) is 0 Å². The minimum absolute atomic E-state index is 0.0230. The summed E-state index contributed by atoms with van der Waals surface area (Å²) >= 11 is 0. The summed E-state index contributed by atoms with van der Waals surface area (Å²) in [6.07, 6.45) is 1.07. The first-order valence-electron chi connectivity index (χ1n) is 18.3. The molecule has 0 saturated heterocycles. The highest BCUT2D eigenvalue weighted by Crippen LogP contribution is 2.46. The molecule has 0 unspecified atom stereocenters. The summed E-state index contributed by atoms with van der Waals surface area (Å²) in [5.74, 6) is -3.29. The molecule has 4 heterocycles. The quantitative estimate of drug-likeness (QED) is 0.0704. The molecule has 0 fully saturated rings. The van der Waals surface area contributed by atoms with Crippen LogP contribution in [0.4, 0.5) is 4.39 Å². The van der Waals surface area contributed by atoms with Gasteiger partial charge in [-0.2, -0.15) is 0 Å². The zero-order valence-electron chi connectivity index (χ0n) is 31.0. The van der Waals surface area contributed by atoms with Gasteiger partial charge >= 0.3 is 5.97 Å². The molecule has 3 atom stereocenters. The van der Waals surface area contributed by atoms with Gasteiger partial charge in [0.1, 0.15) is 31.8 Å². The van der Waals surface area contributed by atoms with E-state index in [1.54, 1.807) is 19.9 Å². The fourth-order valence-corrected chi connectivity index (χ4v) is 7.87. The lowest BCUT2D eigenvalue weighted by atomic mass is 9.81. The van der Waals surface area contributed by atoms with Gasteiger partial charge in [-0.3, -0.25) is 24.0 Å². The molecular formula is C40H41FN6O9. The summed E-state index contributed by atoms with van der Waals surface area (Å²) in [5.41, 5.74) is 2.34. The monoisotopic (exact) mass is 768 g/mol. The van der Waals surface area contributed by atoms with Crippen LogP contribution in [0.2, 0.25) is 0 Å². The Morgan fingerprint density at radius 3 is 2.59 bits per heavy atom. The molecular weight excluding hydrogens is 727 g/mol. The molecule has 3 aliphatic rings. The van der Waals surface area contributed by atoms with Crippen molar-refractivity contribution in [2.24, 2.45) is 0 Å². The van der Waals surface area contributed by atoms with Crippen LogP contribution >= 0.6 is 0 Å². The van der Waals surface area contributed by atoms with Crippen molar-refractivity contribution >= 4 is 40.5 Å². The number of hydrogen-bond acceptors (Lipinski definition) is 10. The number of benzene rings is 2. The first-order valence-corrected chi connectivity index (χ1v) is 18.3. The van der Waals surface area contributed by atoms with Crippen LogP contribution in [0, 0.1) is 12.7 Å². The number of hydrogen-bond donors (Lipinski definition) is 5. The molecule has 1 aliphatic carbocycles. The average Bonchev–Trinajstić information content (AvgIpc) is 3.55. The van der Waals surface area contributed by atoms with E-state index in [0.717, 1.165) is 11.1 Å². The van der Waals surface area contributed by atoms with Gasteiger partial charge in [-0.1, -0.05) is 37.3 Å². The van der Waals surface area contributed by atoms with Crippen LogP contribution in [0.3, 0.4) is 0 Å². The second-order valence-corrected chi connectivity index (χ2v) is 14.2. The van der Waals surface area contributed by atoms with Crippen molar-refractivity contribution in [2.75, 3.05) is 19.9 Å². The van der Waals surface area contributed by atoms with E-state index < -0.39 is 65.3 Å². The van der Waals surface area contributed by atoms with Gasteiger partial charge < -0.3 is 40.4 Å². The lowest BCUT2D eigenvalue weighted by molar-refractivity contribution is -0.172. The first kappa shape index (κ1) is 38.3. The van der Waals surface area contributed by atoms with Crippen LogP contribution in [-0.4, -0.2) is 70.2 Å². The Morgan fingerprint density at radius 2 is 1.86 bits per heavy atom. The molecule has 2 aromatic heterocycles. The van der Waals surface area contributed by atoms with E-state index in [1.807, 2.05) is 30.3 Å². The summed E-state index contributed by atoms with van der Waals surface area (Å²) in [7, 11) is 0. The number of nitrogens with one attached hydrogen (secondary N) is 4. The third kappa shape index (κ3) is 7.01. The van der Waals surface area contributed by atoms with Gasteiger partial charge in [0.25, 0.3) is 5.56 Å². The Labute approximate surface area is 320 Å². The van der Waals surface area contributed by atoms with Crippen LogP contribution < -0.4 is 26.8 Å². The summed E-state index contributed by atoms with van der Waals surface area (Å²) < 4.78 is 27.4. The second-order valence-electron chi connectivity index (χ2n) is 14.2. The number of carbonyl (C=O) groups is 5. The number of esters is 1. The standard InChI is InChI=1S/C40H41FN6O9/c1-4-40(54)26-13-31-36-24(16-47(31)38(52)25(26)17-56-39(40)53)35-28(11-10-23-20(2)27(41)14-29(46-36)34(23)35)45-33(50)18-55-19-43-32(49)15-42-37(51)30(44-21(3)48)12-22-8-6-5-7-9-22/h5-9,13-14,28,30,54H,4,10-12,15-19H2,1-3H3,(H,42,51)(H,43,49)(H,44,48)(H,45,50)/t28-,30-,40-/m0/s1. The van der Waals surface area contributed by atoms with Crippen molar-refractivity contribution in [1.29, 1.82) is 0 Å². The maximum atomic E-state index is 15.2. The van der Waals surface area contributed by atoms with Gasteiger partial charge in [0.2, 0.25) is 23.6 Å². The number of amides is 4. The Hall–Kier alpha value is -6.00. The van der Waals surface area contributed by atoms with E-state index in [4.69, 9.17) is 14.5 Å². The highest BCUT2D eigenvalue weighted by molar-refractivity contribution is 5.94. The third-order valence-corrected chi connectivity index (χ3v) is 10.7. The van der Waals surface area contributed by atoms with E-state index in [2.05, 4.69) is 21.3 Å². The molecule has 292 valence electrons. The Kier molecular flexibility index (Phi) is 10.4. The maximum Gasteiger partial charge on any atom is 0.343 e. The molecule has 0 radical (unpaired) electrons. The van der Waals surface area contributed by atoms with Gasteiger partial charge in [0.15, 0.2) is 5.60 Å². The number of aliphatic hydroxyl groups is 1. The number of rotatable bonds is 12. The van der Waals surface area contributed by atoms with E-state index >= 15 is 4.39 Å². The topological polar surface area (TPSA) is 207 Å². The lowest BCUT2D eigenvalue weighted by Gasteiger charge is -2.31. The average molecular weight is 769 g/mol. The van der Waals surface area contributed by atoms with Gasteiger partial charge in [0.05, 0.1) is 41.6 Å². The Bertz CT molecular complexity index is 2360.